The number of benzene rings is 4. The minimum atomic E-state index is -0.790. The van der Waals surface area contributed by atoms with Gasteiger partial charge in [-0.3, -0.25) is 4.79 Å². The van der Waals surface area contributed by atoms with E-state index in [1.54, 1.807) is 19.2 Å². The van der Waals surface area contributed by atoms with Gasteiger partial charge in [-0.25, -0.2) is 0 Å². The zero-order valence-electron chi connectivity index (χ0n) is 20.6. The molecule has 7 heteroatoms. The normalized spacial score (nSPS) is 11.6. The summed E-state index contributed by atoms with van der Waals surface area (Å²) in [6.45, 7) is 0.941. The lowest BCUT2D eigenvalue weighted by Gasteiger charge is -2.15. The standard InChI is InChI=1S/C30H31N3O4/c1-37-30-12-10-22(15-25(30)20-5-3-2-4-6-20)23-8-7-21(26(31)16-23)13-14-32-18-29(36)24-9-11-28(35)27(17-24)33-19-34/h2-12,15-17,19,29,32,35-36H,13-14,18,31H2,1H3,(H,33,34)/t29-/m0/s1. The monoisotopic (exact) mass is 497 g/mol. The molecule has 0 saturated carbocycles. The largest absolute Gasteiger partial charge is 0.506 e. The van der Waals surface area contributed by atoms with E-state index in [2.05, 4.69) is 34.9 Å². The van der Waals surface area contributed by atoms with Crippen molar-refractivity contribution in [3.05, 3.63) is 96.1 Å². The Labute approximate surface area is 216 Å². The molecule has 190 valence electrons. The van der Waals surface area contributed by atoms with E-state index in [0.717, 1.165) is 33.6 Å². The van der Waals surface area contributed by atoms with Gasteiger partial charge in [-0.1, -0.05) is 54.6 Å². The number of phenols is 1. The average molecular weight is 498 g/mol. The molecular formula is C30H31N3O4. The number of anilines is 2. The number of nitrogens with two attached hydrogens (primary N) is 1. The molecule has 0 aliphatic rings. The molecule has 0 aliphatic heterocycles. The summed E-state index contributed by atoms with van der Waals surface area (Å²) in [6.07, 6.45) is 0.390. The SMILES string of the molecule is COc1ccc(-c2ccc(CCNC[C@H](O)c3ccc(O)c(NC=O)c3)c(N)c2)cc1-c1ccccc1. The highest BCUT2D eigenvalue weighted by atomic mass is 16.5. The van der Waals surface area contributed by atoms with E-state index in [9.17, 15) is 15.0 Å². The molecule has 1 atom stereocenters. The Morgan fingerprint density at radius 1 is 0.946 bits per heavy atom. The summed E-state index contributed by atoms with van der Waals surface area (Å²) in [5.74, 6) is 0.761. The van der Waals surface area contributed by atoms with E-state index in [0.29, 0.717) is 37.2 Å². The number of nitrogen functional groups attached to an aromatic ring is 1. The second-order valence-corrected chi connectivity index (χ2v) is 8.70. The molecule has 0 unspecified atom stereocenters. The number of carbonyl (C=O) groups is 1. The number of nitrogens with one attached hydrogen (secondary N) is 2. The Bertz CT molecular complexity index is 1360. The predicted octanol–water partition coefficient (Wildman–Crippen LogP) is 4.75. The minimum absolute atomic E-state index is 0.0548. The first-order chi connectivity index (χ1) is 18.0. The fraction of sp³-hybridized carbons (Fsp3) is 0.167. The summed E-state index contributed by atoms with van der Waals surface area (Å²) in [6, 6.07) is 27.0. The third-order valence-electron chi connectivity index (χ3n) is 6.29. The molecule has 0 heterocycles. The maximum absolute atomic E-state index is 10.7. The van der Waals surface area contributed by atoms with Crippen LogP contribution in [0.15, 0.2) is 84.9 Å². The van der Waals surface area contributed by atoms with Crippen LogP contribution in [0.3, 0.4) is 0 Å². The number of aromatic hydroxyl groups is 1. The van der Waals surface area contributed by atoms with E-state index in [4.69, 9.17) is 10.5 Å². The van der Waals surface area contributed by atoms with Crippen molar-refractivity contribution < 1.29 is 19.7 Å². The molecular weight excluding hydrogens is 466 g/mol. The summed E-state index contributed by atoms with van der Waals surface area (Å²) in [4.78, 5) is 10.7. The van der Waals surface area contributed by atoms with Gasteiger partial charge in [0.25, 0.3) is 0 Å². The van der Waals surface area contributed by atoms with Crippen LogP contribution >= 0.6 is 0 Å². The molecule has 0 radical (unpaired) electrons. The van der Waals surface area contributed by atoms with Crippen molar-refractivity contribution in [3.63, 3.8) is 0 Å². The van der Waals surface area contributed by atoms with Crippen molar-refractivity contribution in [1.29, 1.82) is 0 Å². The number of aliphatic hydroxyl groups is 1. The molecule has 6 N–H and O–H groups in total. The number of hydrogen-bond donors (Lipinski definition) is 5. The van der Waals surface area contributed by atoms with E-state index >= 15 is 0 Å². The van der Waals surface area contributed by atoms with Crippen LogP contribution < -0.4 is 21.1 Å². The number of amides is 1. The lowest BCUT2D eigenvalue weighted by molar-refractivity contribution is -0.105. The second kappa shape index (κ2) is 12.1. The van der Waals surface area contributed by atoms with Gasteiger partial charge in [-0.05, 0) is 71.1 Å². The number of carbonyl (C=O) groups excluding carboxylic acids is 1. The fourth-order valence-electron chi connectivity index (χ4n) is 4.25. The van der Waals surface area contributed by atoms with Crippen LogP contribution in [0.5, 0.6) is 11.5 Å². The highest BCUT2D eigenvalue weighted by molar-refractivity contribution is 5.79. The van der Waals surface area contributed by atoms with Crippen LogP contribution in [0.1, 0.15) is 17.2 Å². The molecule has 1 amide bonds. The number of hydrogen-bond acceptors (Lipinski definition) is 6. The number of methoxy groups -OCH3 is 1. The quantitative estimate of drug-likeness (QED) is 0.0884. The predicted molar refractivity (Wildman–Crippen MR) is 148 cm³/mol. The molecule has 4 rings (SSSR count). The first-order valence-corrected chi connectivity index (χ1v) is 12.0. The van der Waals surface area contributed by atoms with Crippen LogP contribution in [0.25, 0.3) is 22.3 Å². The van der Waals surface area contributed by atoms with Crippen LogP contribution in [-0.4, -0.2) is 36.8 Å². The Kier molecular flexibility index (Phi) is 8.40. The van der Waals surface area contributed by atoms with Crippen molar-refractivity contribution in [1.82, 2.24) is 5.32 Å². The summed E-state index contributed by atoms with van der Waals surface area (Å²) in [5.41, 5.74) is 13.2. The van der Waals surface area contributed by atoms with Crippen LogP contribution in [0.2, 0.25) is 0 Å². The molecule has 37 heavy (non-hydrogen) atoms. The van der Waals surface area contributed by atoms with Crippen LogP contribution in [0, 0.1) is 0 Å². The van der Waals surface area contributed by atoms with Gasteiger partial charge in [0.15, 0.2) is 0 Å². The fourth-order valence-corrected chi connectivity index (χ4v) is 4.25. The third-order valence-corrected chi connectivity index (χ3v) is 6.29. The zero-order valence-corrected chi connectivity index (χ0v) is 20.6. The maximum Gasteiger partial charge on any atom is 0.211 e. The van der Waals surface area contributed by atoms with Crippen molar-refractivity contribution in [2.75, 3.05) is 31.2 Å². The molecule has 0 bridgehead atoms. The Balaban J connectivity index is 1.39. The first-order valence-electron chi connectivity index (χ1n) is 12.0. The molecule has 0 spiro atoms. The van der Waals surface area contributed by atoms with Gasteiger partial charge in [0.2, 0.25) is 6.41 Å². The maximum atomic E-state index is 10.7. The van der Waals surface area contributed by atoms with Gasteiger partial charge in [0, 0.05) is 17.8 Å². The summed E-state index contributed by atoms with van der Waals surface area (Å²) in [5, 5.41) is 25.9. The van der Waals surface area contributed by atoms with Gasteiger partial charge in [0.05, 0.1) is 18.9 Å². The number of ether oxygens (including phenoxy) is 1. The van der Waals surface area contributed by atoms with E-state index in [1.807, 2.05) is 42.5 Å². The molecule has 4 aromatic rings. The van der Waals surface area contributed by atoms with E-state index in [1.165, 1.54) is 6.07 Å². The van der Waals surface area contributed by atoms with Gasteiger partial charge in [-0.15, -0.1) is 0 Å². The molecule has 0 fully saturated rings. The topological polar surface area (TPSA) is 117 Å². The Morgan fingerprint density at radius 3 is 2.43 bits per heavy atom. The lowest BCUT2D eigenvalue weighted by atomic mass is 9.96. The number of aliphatic hydroxyl groups excluding tert-OH is 1. The Morgan fingerprint density at radius 2 is 1.70 bits per heavy atom. The van der Waals surface area contributed by atoms with Crippen molar-refractivity contribution in [2.24, 2.45) is 0 Å². The van der Waals surface area contributed by atoms with Crippen molar-refractivity contribution in [3.8, 4) is 33.8 Å². The first kappa shape index (κ1) is 25.8. The summed E-state index contributed by atoms with van der Waals surface area (Å²) < 4.78 is 5.58. The highest BCUT2D eigenvalue weighted by Gasteiger charge is 2.12. The second-order valence-electron chi connectivity index (χ2n) is 8.70. The highest BCUT2D eigenvalue weighted by Crippen LogP contribution is 2.35. The average Bonchev–Trinajstić information content (AvgIpc) is 2.93. The summed E-state index contributed by atoms with van der Waals surface area (Å²) >= 11 is 0. The molecule has 0 aliphatic carbocycles. The lowest BCUT2D eigenvalue weighted by Crippen LogP contribution is -2.24. The van der Waals surface area contributed by atoms with Gasteiger partial charge in [0.1, 0.15) is 11.5 Å². The minimum Gasteiger partial charge on any atom is -0.506 e. The third kappa shape index (κ3) is 6.27. The Hall–Kier alpha value is -4.33. The van der Waals surface area contributed by atoms with Crippen molar-refractivity contribution in [2.45, 2.75) is 12.5 Å². The number of rotatable bonds is 11. The van der Waals surface area contributed by atoms with Crippen LogP contribution in [-0.2, 0) is 11.2 Å². The smallest absolute Gasteiger partial charge is 0.211 e. The van der Waals surface area contributed by atoms with E-state index < -0.39 is 6.10 Å². The molecule has 0 saturated heterocycles. The zero-order chi connectivity index (χ0) is 26.2. The van der Waals surface area contributed by atoms with Gasteiger partial charge in [-0.2, -0.15) is 0 Å². The molecule has 4 aromatic carbocycles. The van der Waals surface area contributed by atoms with Gasteiger partial charge >= 0.3 is 0 Å². The summed E-state index contributed by atoms with van der Waals surface area (Å²) in [7, 11) is 1.67. The number of phenolic OH excluding ortho intramolecular Hbond substituents is 1. The van der Waals surface area contributed by atoms with Crippen molar-refractivity contribution >= 4 is 17.8 Å². The molecule has 0 aromatic heterocycles. The van der Waals surface area contributed by atoms with Gasteiger partial charge < -0.3 is 31.3 Å². The van der Waals surface area contributed by atoms with Crippen LogP contribution in [0.4, 0.5) is 11.4 Å². The van der Waals surface area contributed by atoms with E-state index in [-0.39, 0.29) is 11.4 Å². The molecule has 7 nitrogen and oxygen atoms in total.